The first-order valence-electron chi connectivity index (χ1n) is 12.4. The molecule has 39 heavy (non-hydrogen) atoms. The molecule has 3 heterocycles. The highest BCUT2D eigenvalue weighted by Gasteiger charge is 2.32. The maximum Gasteiger partial charge on any atom is 0.271 e. The number of hydrogen-bond acceptors (Lipinski definition) is 4. The summed E-state index contributed by atoms with van der Waals surface area (Å²) in [5.74, 6) is 0.749. The van der Waals surface area contributed by atoms with Crippen LogP contribution in [0.15, 0.2) is 98.6 Å². The van der Waals surface area contributed by atoms with Crippen molar-refractivity contribution in [3.8, 4) is 11.3 Å². The van der Waals surface area contributed by atoms with Crippen LogP contribution in [0.3, 0.4) is 0 Å². The quantitative estimate of drug-likeness (QED) is 0.233. The number of hydrogen-bond donors (Lipinski definition) is 0. The SMILES string of the molecule is O=c1/c(=C\c2ccc(-c3cccc(Cl)c3Cl)o2)sc2n1C(c1ccc(F)cc1)C1=C(N=2)c2ccccc2CC1. The number of allylic oxidation sites excluding steroid dienone is 1. The summed E-state index contributed by atoms with van der Waals surface area (Å²) in [7, 11) is 0. The van der Waals surface area contributed by atoms with Crippen molar-refractivity contribution in [1.29, 1.82) is 0 Å². The van der Waals surface area contributed by atoms with E-state index >= 15 is 0 Å². The maximum atomic E-state index is 13.9. The van der Waals surface area contributed by atoms with Gasteiger partial charge in [0.1, 0.15) is 17.3 Å². The van der Waals surface area contributed by atoms with Crippen LogP contribution in [-0.4, -0.2) is 4.57 Å². The van der Waals surface area contributed by atoms with E-state index in [0.717, 1.165) is 35.2 Å². The molecule has 0 saturated heterocycles. The van der Waals surface area contributed by atoms with Crippen LogP contribution in [0.5, 0.6) is 0 Å². The van der Waals surface area contributed by atoms with Crippen molar-refractivity contribution in [3.63, 3.8) is 0 Å². The third kappa shape index (κ3) is 4.11. The Morgan fingerprint density at radius 1 is 0.949 bits per heavy atom. The van der Waals surface area contributed by atoms with Gasteiger partial charge in [0.25, 0.3) is 5.56 Å². The Labute approximate surface area is 236 Å². The molecule has 0 N–H and O–H groups in total. The minimum Gasteiger partial charge on any atom is -0.457 e. The van der Waals surface area contributed by atoms with Crippen molar-refractivity contribution in [3.05, 3.63) is 142 Å². The van der Waals surface area contributed by atoms with Crippen molar-refractivity contribution < 1.29 is 8.81 Å². The molecule has 3 aromatic carbocycles. The molecule has 1 aliphatic carbocycles. The van der Waals surface area contributed by atoms with Crippen LogP contribution >= 0.6 is 34.5 Å². The van der Waals surface area contributed by atoms with Crippen LogP contribution < -0.4 is 14.9 Å². The molecule has 4 nitrogen and oxygen atoms in total. The van der Waals surface area contributed by atoms with Gasteiger partial charge in [0.05, 0.1) is 26.3 Å². The number of fused-ring (bicyclic) bond motifs is 3. The fourth-order valence-corrected chi connectivity index (χ4v) is 6.74. The standard InChI is InChI=1S/C31H19Cl2FN2O2S/c32-24-7-3-6-22(27(24)33)25-15-13-20(38-25)16-26-30(37)36-29(18-8-11-19(34)12-9-18)23-14-10-17-4-1-2-5-21(17)28(23)35-31(36)39-26/h1-9,11-13,15-16,29H,10,14H2/b26-16+. The number of aromatic nitrogens is 1. The minimum atomic E-state index is -0.371. The van der Waals surface area contributed by atoms with Crippen LogP contribution in [0.4, 0.5) is 4.39 Å². The van der Waals surface area contributed by atoms with E-state index in [0.29, 0.717) is 36.5 Å². The second-order valence-corrected chi connectivity index (χ2v) is 11.3. The molecular formula is C31H19Cl2FN2O2S. The Balaban J connectivity index is 1.40. The van der Waals surface area contributed by atoms with Gasteiger partial charge >= 0.3 is 0 Å². The highest BCUT2D eigenvalue weighted by atomic mass is 35.5. The monoisotopic (exact) mass is 572 g/mol. The van der Waals surface area contributed by atoms with Gasteiger partial charge in [0.15, 0.2) is 4.80 Å². The lowest BCUT2D eigenvalue weighted by molar-refractivity contribution is 0.570. The predicted octanol–water partition coefficient (Wildman–Crippen LogP) is 7.02. The largest absolute Gasteiger partial charge is 0.457 e. The zero-order valence-electron chi connectivity index (χ0n) is 20.3. The summed E-state index contributed by atoms with van der Waals surface area (Å²) in [6.07, 6.45) is 3.35. The highest BCUT2D eigenvalue weighted by molar-refractivity contribution is 7.07. The molecule has 0 fully saturated rings. The first-order chi connectivity index (χ1) is 19.0. The third-order valence-corrected chi connectivity index (χ3v) is 8.98. The van der Waals surface area contributed by atoms with E-state index in [2.05, 4.69) is 12.1 Å². The minimum absolute atomic E-state index is 0.169. The van der Waals surface area contributed by atoms with E-state index in [4.69, 9.17) is 32.6 Å². The molecule has 5 aromatic rings. The lowest BCUT2D eigenvalue weighted by Gasteiger charge is -2.30. The molecule has 192 valence electrons. The van der Waals surface area contributed by atoms with Crippen LogP contribution in [-0.2, 0) is 6.42 Å². The van der Waals surface area contributed by atoms with Gasteiger partial charge in [-0.15, -0.1) is 0 Å². The van der Waals surface area contributed by atoms with E-state index in [1.165, 1.54) is 29.0 Å². The zero-order chi connectivity index (χ0) is 26.7. The maximum absolute atomic E-state index is 13.9. The molecule has 0 saturated carbocycles. The number of rotatable bonds is 3. The molecular weight excluding hydrogens is 554 g/mol. The molecule has 2 aromatic heterocycles. The van der Waals surface area contributed by atoms with E-state index in [1.54, 1.807) is 47.0 Å². The third-order valence-electron chi connectivity index (χ3n) is 7.18. The van der Waals surface area contributed by atoms with Crippen molar-refractivity contribution in [1.82, 2.24) is 4.57 Å². The van der Waals surface area contributed by atoms with Crippen LogP contribution in [0.1, 0.15) is 34.9 Å². The molecule has 0 bridgehead atoms. The predicted molar refractivity (Wildman–Crippen MR) is 153 cm³/mol. The Morgan fingerprint density at radius 2 is 1.74 bits per heavy atom. The average molecular weight is 573 g/mol. The van der Waals surface area contributed by atoms with Crippen molar-refractivity contribution in [2.45, 2.75) is 18.9 Å². The summed E-state index contributed by atoms with van der Waals surface area (Å²) in [4.78, 5) is 19.5. The second kappa shape index (κ2) is 9.49. The molecule has 0 amide bonds. The number of benzene rings is 3. The van der Waals surface area contributed by atoms with Crippen LogP contribution in [0, 0.1) is 5.82 Å². The average Bonchev–Trinajstić information content (AvgIpc) is 3.54. The number of aryl methyl sites for hydroxylation is 1. The Morgan fingerprint density at radius 3 is 2.59 bits per heavy atom. The van der Waals surface area contributed by atoms with Gasteiger partial charge < -0.3 is 4.42 Å². The fourth-order valence-electron chi connectivity index (χ4n) is 5.37. The normalized spacial score (nSPS) is 16.5. The van der Waals surface area contributed by atoms with Crippen LogP contribution in [0.2, 0.25) is 10.0 Å². The van der Waals surface area contributed by atoms with Gasteiger partial charge in [0, 0.05) is 17.2 Å². The van der Waals surface area contributed by atoms with Crippen molar-refractivity contribution in [2.75, 3.05) is 0 Å². The smallest absolute Gasteiger partial charge is 0.271 e. The molecule has 1 unspecified atom stereocenters. The lowest BCUT2D eigenvalue weighted by atomic mass is 9.83. The second-order valence-electron chi connectivity index (χ2n) is 9.47. The molecule has 0 radical (unpaired) electrons. The van der Waals surface area contributed by atoms with E-state index in [9.17, 15) is 9.18 Å². The van der Waals surface area contributed by atoms with Gasteiger partial charge in [-0.25, -0.2) is 9.38 Å². The molecule has 1 atom stereocenters. The van der Waals surface area contributed by atoms with Gasteiger partial charge in [0.2, 0.25) is 0 Å². The number of halogens is 3. The molecule has 2 aliphatic rings. The first kappa shape index (κ1) is 24.3. The Hall–Kier alpha value is -3.71. The summed E-state index contributed by atoms with van der Waals surface area (Å²) in [6.45, 7) is 0. The summed E-state index contributed by atoms with van der Waals surface area (Å²) < 4.78 is 22.1. The lowest BCUT2D eigenvalue weighted by Crippen LogP contribution is -2.38. The van der Waals surface area contributed by atoms with E-state index in [-0.39, 0.29) is 17.4 Å². The van der Waals surface area contributed by atoms with Gasteiger partial charge in [-0.2, -0.15) is 0 Å². The molecule has 1 aliphatic heterocycles. The molecule has 0 spiro atoms. The topological polar surface area (TPSA) is 47.5 Å². The van der Waals surface area contributed by atoms with Crippen molar-refractivity contribution >= 4 is 46.3 Å². The Bertz CT molecular complexity index is 1990. The molecule has 7 rings (SSSR count). The molecule has 8 heteroatoms. The number of furan rings is 1. The summed E-state index contributed by atoms with van der Waals surface area (Å²) >= 11 is 13.9. The number of nitrogens with zero attached hydrogens (tertiary/aromatic N) is 2. The number of thiazole rings is 1. The van der Waals surface area contributed by atoms with E-state index in [1.807, 2.05) is 18.2 Å². The summed E-state index contributed by atoms with van der Waals surface area (Å²) in [5, 5.41) is 0.844. The summed E-state index contributed by atoms with van der Waals surface area (Å²) in [5.41, 5.74) is 5.63. The van der Waals surface area contributed by atoms with Crippen LogP contribution in [0.25, 0.3) is 23.1 Å². The summed E-state index contributed by atoms with van der Waals surface area (Å²) in [6, 6.07) is 23.2. The van der Waals surface area contributed by atoms with Gasteiger partial charge in [-0.1, -0.05) is 77.0 Å². The highest BCUT2D eigenvalue weighted by Crippen LogP contribution is 2.41. The first-order valence-corrected chi connectivity index (χ1v) is 14.0. The Kier molecular flexibility index (Phi) is 5.92. The van der Waals surface area contributed by atoms with Gasteiger partial charge in [-0.05, 0) is 65.9 Å². The van der Waals surface area contributed by atoms with Crippen molar-refractivity contribution in [2.24, 2.45) is 4.99 Å². The van der Waals surface area contributed by atoms with Gasteiger partial charge in [-0.3, -0.25) is 9.36 Å². The fraction of sp³-hybridized carbons (Fsp3) is 0.0968. The zero-order valence-corrected chi connectivity index (χ0v) is 22.7. The van der Waals surface area contributed by atoms with E-state index < -0.39 is 0 Å².